The number of carbonyl (C=O) groups is 1. The van der Waals surface area contributed by atoms with Crippen LogP contribution in [0.3, 0.4) is 0 Å². The van der Waals surface area contributed by atoms with Crippen LogP contribution in [-0.4, -0.2) is 51.3 Å². The van der Waals surface area contributed by atoms with Crippen LogP contribution in [0.25, 0.3) is 0 Å². The monoisotopic (exact) mass is 325 g/mol. The van der Waals surface area contributed by atoms with Crippen molar-refractivity contribution >= 4 is 5.97 Å². The molecule has 2 rings (SSSR count). The van der Waals surface area contributed by atoms with Crippen molar-refractivity contribution in [1.29, 1.82) is 0 Å². The maximum atomic E-state index is 12.7. The molecule has 8 nitrogen and oxygen atoms in total. The number of H-pyrrole nitrogens is 1. The van der Waals surface area contributed by atoms with E-state index in [0.717, 1.165) is 17.4 Å². The summed E-state index contributed by atoms with van der Waals surface area (Å²) in [6.07, 6.45) is 1.51. The van der Waals surface area contributed by atoms with E-state index in [4.69, 9.17) is 4.74 Å². The zero-order valence-corrected chi connectivity index (χ0v) is 13.5. The summed E-state index contributed by atoms with van der Waals surface area (Å²) in [6, 6.07) is 0. The molecule has 0 bridgehead atoms. The predicted molar refractivity (Wildman–Crippen MR) is 83.9 cm³/mol. The van der Waals surface area contributed by atoms with E-state index in [1.807, 2.05) is 18.7 Å². The van der Waals surface area contributed by atoms with E-state index in [1.165, 1.54) is 0 Å². The van der Waals surface area contributed by atoms with Crippen molar-refractivity contribution in [3.8, 4) is 0 Å². The molecule has 0 aliphatic carbocycles. The van der Waals surface area contributed by atoms with Crippen LogP contribution in [0.4, 0.5) is 0 Å². The predicted octanol–water partition coefficient (Wildman–Crippen LogP) is 0.256. The second-order valence-corrected chi connectivity index (χ2v) is 5.60. The van der Waals surface area contributed by atoms with Gasteiger partial charge in [-0.1, -0.05) is 13.8 Å². The third-order valence-corrected chi connectivity index (χ3v) is 4.18. The normalized spacial score (nSPS) is 17.8. The highest BCUT2D eigenvalue weighted by Crippen LogP contribution is 2.13. The fraction of sp³-hybridized carbons (Fsp3) is 0.667. The number of aromatic carboxylic acids is 1. The summed E-state index contributed by atoms with van der Waals surface area (Å²) < 4.78 is 6.53. The standard InChI is InChI=1S/C15H23N3O5/c1-3-17(4-2)9-11-12(14(20)21)16-15(22)18(13(11)19)8-10-6-5-7-23-10/h10H,3-9H2,1-2H3,(H,16,22)(H,20,21)/t10-/m0/s1. The lowest BCUT2D eigenvalue weighted by molar-refractivity contribution is 0.0685. The Kier molecular flexibility index (Phi) is 5.73. The van der Waals surface area contributed by atoms with Gasteiger partial charge in [-0.25, -0.2) is 9.59 Å². The molecule has 1 atom stereocenters. The number of aromatic amines is 1. The van der Waals surface area contributed by atoms with Crippen molar-refractivity contribution in [3.63, 3.8) is 0 Å². The molecule has 1 aliphatic rings. The maximum Gasteiger partial charge on any atom is 0.352 e. The van der Waals surface area contributed by atoms with Gasteiger partial charge in [0.1, 0.15) is 5.69 Å². The third kappa shape index (κ3) is 3.89. The van der Waals surface area contributed by atoms with Crippen molar-refractivity contribution in [1.82, 2.24) is 14.5 Å². The smallest absolute Gasteiger partial charge is 0.352 e. The summed E-state index contributed by atoms with van der Waals surface area (Å²) >= 11 is 0. The molecule has 8 heteroatoms. The van der Waals surface area contributed by atoms with Crippen molar-refractivity contribution in [2.24, 2.45) is 0 Å². The largest absolute Gasteiger partial charge is 0.477 e. The van der Waals surface area contributed by atoms with Crippen LogP contribution in [0.5, 0.6) is 0 Å². The third-order valence-electron chi connectivity index (χ3n) is 4.18. The lowest BCUT2D eigenvalue weighted by Gasteiger charge is -2.19. The first kappa shape index (κ1) is 17.4. The summed E-state index contributed by atoms with van der Waals surface area (Å²) in [7, 11) is 0. The number of aromatic nitrogens is 2. The van der Waals surface area contributed by atoms with Crippen LogP contribution in [0, 0.1) is 0 Å². The lowest BCUT2D eigenvalue weighted by Crippen LogP contribution is -2.43. The van der Waals surface area contributed by atoms with Crippen LogP contribution < -0.4 is 11.2 Å². The number of hydrogen-bond donors (Lipinski definition) is 2. The molecule has 0 spiro atoms. The van der Waals surface area contributed by atoms with Gasteiger partial charge in [-0.3, -0.25) is 14.3 Å². The van der Waals surface area contributed by atoms with Gasteiger partial charge >= 0.3 is 11.7 Å². The molecule has 0 saturated carbocycles. The zero-order valence-electron chi connectivity index (χ0n) is 13.5. The Morgan fingerprint density at radius 3 is 2.61 bits per heavy atom. The topological polar surface area (TPSA) is 105 Å². The first-order chi connectivity index (χ1) is 11.0. The Hall–Kier alpha value is -1.93. The van der Waals surface area contributed by atoms with Crippen LogP contribution in [-0.2, 0) is 17.8 Å². The molecule has 1 saturated heterocycles. The van der Waals surface area contributed by atoms with Gasteiger partial charge in [-0.15, -0.1) is 0 Å². The second-order valence-electron chi connectivity index (χ2n) is 5.60. The SMILES string of the molecule is CCN(CC)Cc1c(C(=O)O)[nH]c(=O)n(C[C@@H]2CCCO2)c1=O. The second kappa shape index (κ2) is 7.56. The van der Waals surface area contributed by atoms with Crippen LogP contribution >= 0.6 is 0 Å². The summed E-state index contributed by atoms with van der Waals surface area (Å²) in [5.74, 6) is -1.30. The van der Waals surface area contributed by atoms with E-state index in [-0.39, 0.29) is 30.5 Å². The van der Waals surface area contributed by atoms with Gasteiger partial charge in [0, 0.05) is 13.2 Å². The molecule has 1 aromatic heterocycles. The summed E-state index contributed by atoms with van der Waals surface area (Å²) in [4.78, 5) is 40.4. The van der Waals surface area contributed by atoms with E-state index >= 15 is 0 Å². The number of ether oxygens (including phenoxy) is 1. The minimum absolute atomic E-state index is 0.110. The van der Waals surface area contributed by atoms with Gasteiger partial charge in [0.05, 0.1) is 18.2 Å². The minimum Gasteiger partial charge on any atom is -0.477 e. The number of hydrogen-bond acceptors (Lipinski definition) is 5. The first-order valence-electron chi connectivity index (χ1n) is 7.91. The highest BCUT2D eigenvalue weighted by atomic mass is 16.5. The van der Waals surface area contributed by atoms with Crippen LogP contribution in [0.15, 0.2) is 9.59 Å². The number of nitrogens with zero attached hydrogens (tertiary/aromatic N) is 2. The van der Waals surface area contributed by atoms with Crippen LogP contribution in [0.1, 0.15) is 42.7 Å². The Bertz CT molecular complexity index is 669. The van der Waals surface area contributed by atoms with E-state index in [2.05, 4.69) is 4.98 Å². The van der Waals surface area contributed by atoms with Gasteiger partial charge in [0.15, 0.2) is 0 Å². The number of nitrogens with one attached hydrogen (secondary N) is 1. The van der Waals surface area contributed by atoms with Crippen LogP contribution in [0.2, 0.25) is 0 Å². The van der Waals surface area contributed by atoms with Gasteiger partial charge in [0.2, 0.25) is 0 Å². The highest BCUT2D eigenvalue weighted by molar-refractivity contribution is 5.86. The zero-order chi connectivity index (χ0) is 17.0. The van der Waals surface area contributed by atoms with Gasteiger partial charge in [-0.2, -0.15) is 0 Å². The molecule has 23 heavy (non-hydrogen) atoms. The molecule has 0 aromatic carbocycles. The molecule has 1 fully saturated rings. The number of carboxylic acids is 1. The molecular formula is C15H23N3O5. The Labute approximate surface area is 133 Å². The van der Waals surface area contributed by atoms with Gasteiger partial charge in [0.25, 0.3) is 5.56 Å². The quantitative estimate of drug-likeness (QED) is 0.745. The van der Waals surface area contributed by atoms with Crippen molar-refractivity contribution in [3.05, 3.63) is 32.1 Å². The fourth-order valence-electron chi connectivity index (χ4n) is 2.77. The van der Waals surface area contributed by atoms with E-state index in [0.29, 0.717) is 19.7 Å². The molecule has 1 aliphatic heterocycles. The summed E-state index contributed by atoms with van der Waals surface area (Å²) in [6.45, 7) is 6.19. The van der Waals surface area contributed by atoms with Crippen molar-refractivity contribution < 1.29 is 14.6 Å². The van der Waals surface area contributed by atoms with Gasteiger partial charge in [-0.05, 0) is 25.9 Å². The first-order valence-corrected chi connectivity index (χ1v) is 7.91. The van der Waals surface area contributed by atoms with E-state index < -0.39 is 17.2 Å². The molecule has 128 valence electrons. The van der Waals surface area contributed by atoms with Crippen molar-refractivity contribution in [2.75, 3.05) is 19.7 Å². The average molecular weight is 325 g/mol. The molecule has 2 heterocycles. The maximum absolute atomic E-state index is 12.7. The number of carboxylic acid groups (broad SMARTS) is 1. The summed E-state index contributed by atoms with van der Waals surface area (Å²) in [5, 5.41) is 9.29. The minimum atomic E-state index is -1.30. The molecule has 1 aromatic rings. The Morgan fingerprint density at radius 1 is 1.39 bits per heavy atom. The molecule has 0 unspecified atom stereocenters. The molecule has 0 amide bonds. The fourth-order valence-corrected chi connectivity index (χ4v) is 2.77. The number of rotatable bonds is 7. The molecule has 0 radical (unpaired) electrons. The average Bonchev–Trinajstić information content (AvgIpc) is 3.03. The Balaban J connectivity index is 2.45. The van der Waals surface area contributed by atoms with Crippen molar-refractivity contribution in [2.45, 2.75) is 45.9 Å². The molecule has 2 N–H and O–H groups in total. The van der Waals surface area contributed by atoms with E-state index in [1.54, 1.807) is 0 Å². The Morgan fingerprint density at radius 2 is 2.09 bits per heavy atom. The summed E-state index contributed by atoms with van der Waals surface area (Å²) in [5.41, 5.74) is -1.46. The molecular weight excluding hydrogens is 302 g/mol. The van der Waals surface area contributed by atoms with E-state index in [9.17, 15) is 19.5 Å². The highest BCUT2D eigenvalue weighted by Gasteiger charge is 2.23. The van der Waals surface area contributed by atoms with Gasteiger partial charge < -0.3 is 14.8 Å². The lowest BCUT2D eigenvalue weighted by atomic mass is 10.2.